The van der Waals surface area contributed by atoms with Crippen LogP contribution in [-0.2, 0) is 54.1 Å². The highest BCUT2D eigenvalue weighted by molar-refractivity contribution is 6.10. The van der Waals surface area contributed by atoms with Gasteiger partial charge in [0.05, 0.1) is 0 Å². The molecule has 0 N–H and O–H groups in total. The van der Waals surface area contributed by atoms with E-state index in [4.69, 9.17) is 0 Å². The highest BCUT2D eigenvalue weighted by atomic mass is 14.5. The second-order valence-corrected chi connectivity index (χ2v) is 48.5. The third-order valence-corrected chi connectivity index (χ3v) is 36.7. The first kappa shape index (κ1) is 88.6. The second-order valence-electron chi connectivity index (χ2n) is 48.5. The lowest BCUT2D eigenvalue weighted by atomic mass is 9.77. The van der Waals surface area contributed by atoms with Crippen LogP contribution in [0.5, 0.6) is 0 Å². The van der Waals surface area contributed by atoms with Crippen LogP contribution in [0.1, 0.15) is 278 Å². The van der Waals surface area contributed by atoms with Gasteiger partial charge in [0.25, 0.3) is 0 Å². The summed E-state index contributed by atoms with van der Waals surface area (Å²) in [4.78, 5) is 0. The van der Waals surface area contributed by atoms with Gasteiger partial charge in [0.2, 0.25) is 0 Å². The summed E-state index contributed by atoms with van der Waals surface area (Å²) in [5.74, 6) is 0. The summed E-state index contributed by atoms with van der Waals surface area (Å²) in [6.45, 7) is 58.7. The van der Waals surface area contributed by atoms with E-state index in [0.29, 0.717) is 0 Å². The van der Waals surface area contributed by atoms with Crippen LogP contribution in [-0.4, -0.2) is 0 Å². The number of aryl methyl sites for hydroxylation is 5. The van der Waals surface area contributed by atoms with E-state index >= 15 is 0 Å². The van der Waals surface area contributed by atoms with Crippen LogP contribution in [0.25, 0.3) is 154 Å². The van der Waals surface area contributed by atoms with E-state index in [1.807, 2.05) is 0 Å². The minimum atomic E-state index is -0.0219. The zero-order valence-electron chi connectivity index (χ0n) is 87.1. The van der Waals surface area contributed by atoms with Crippen molar-refractivity contribution in [1.82, 2.24) is 0 Å². The van der Waals surface area contributed by atoms with Gasteiger partial charge < -0.3 is 0 Å². The van der Waals surface area contributed by atoms with Crippen molar-refractivity contribution >= 4 is 43.1 Å². The molecule has 10 aliphatic rings. The Kier molecular flexibility index (Phi) is 18.7. The predicted molar refractivity (Wildman–Crippen MR) is 602 cm³/mol. The van der Waals surface area contributed by atoms with Crippen LogP contribution in [0, 0.1) is 34.6 Å². The lowest BCUT2D eigenvalue weighted by Gasteiger charge is -2.26. The number of hydrogen-bond acceptors (Lipinski definition) is 0. The maximum Gasteiger partial charge on any atom is 0.0159 e. The molecule has 19 aromatic rings. The van der Waals surface area contributed by atoms with Gasteiger partial charge in [-0.1, -0.05) is 422 Å². The molecule has 0 unspecified atom stereocenters. The molecule has 0 atom stereocenters. The molecule has 29 rings (SSSR count). The van der Waals surface area contributed by atoms with E-state index in [1.165, 1.54) is 293 Å². The molecule has 0 heteroatoms. The molecule has 0 nitrogen and oxygen atoms in total. The Morgan fingerprint density at radius 3 is 0.638 bits per heavy atom. The Morgan fingerprint density at radius 2 is 0.326 bits per heavy atom. The van der Waals surface area contributed by atoms with Crippen molar-refractivity contribution in [1.29, 1.82) is 0 Å². The van der Waals surface area contributed by atoms with Gasteiger partial charge in [-0.15, -0.1) is 0 Å². The van der Waals surface area contributed by atoms with Gasteiger partial charge in [-0.2, -0.15) is 0 Å². The zero-order valence-corrected chi connectivity index (χ0v) is 87.1. The topological polar surface area (TPSA) is 0 Å². The van der Waals surface area contributed by atoms with Crippen molar-refractivity contribution in [3.05, 3.63) is 461 Å². The molecule has 0 spiro atoms. The molecule has 19 aromatic carbocycles. The third kappa shape index (κ3) is 12.2. The highest BCUT2D eigenvalue weighted by Gasteiger charge is 2.50. The van der Waals surface area contributed by atoms with Crippen LogP contribution in [0.15, 0.2) is 322 Å². The molecule has 0 aliphatic heterocycles. The second kappa shape index (κ2) is 29.7. The summed E-state index contributed by atoms with van der Waals surface area (Å²) in [7, 11) is 0. The molecular weight excluding hydrogens is 1690 g/mol. The van der Waals surface area contributed by atoms with Crippen molar-refractivity contribution in [3.8, 4) is 111 Å². The highest BCUT2D eigenvalue weighted by Crippen LogP contribution is 2.65. The minimum Gasteiger partial charge on any atom is -0.0619 e. The van der Waals surface area contributed by atoms with Crippen LogP contribution >= 0.6 is 0 Å². The fourth-order valence-corrected chi connectivity index (χ4v) is 28.6. The lowest BCUT2D eigenvalue weighted by molar-refractivity contribution is 0.639. The molecule has 0 radical (unpaired) electrons. The number of hydrogen-bond donors (Lipinski definition) is 0. The molecule has 0 saturated carbocycles. The van der Waals surface area contributed by atoms with Gasteiger partial charge in [-0.25, -0.2) is 0 Å². The number of fused-ring (bicyclic) bond motifs is 38. The molecular formula is C141H128. The van der Waals surface area contributed by atoms with Crippen molar-refractivity contribution in [2.75, 3.05) is 0 Å². The molecule has 0 aromatic heterocycles. The van der Waals surface area contributed by atoms with Crippen molar-refractivity contribution in [2.45, 2.75) is 227 Å². The number of rotatable bonds is 0. The van der Waals surface area contributed by atoms with Crippen LogP contribution < -0.4 is 0 Å². The van der Waals surface area contributed by atoms with Crippen LogP contribution in [0.2, 0.25) is 0 Å². The number of benzene rings is 19. The van der Waals surface area contributed by atoms with Gasteiger partial charge in [0.15, 0.2) is 0 Å². The Hall–Kier alpha value is -13.8. The quantitative estimate of drug-likeness (QED) is 0.142. The third-order valence-electron chi connectivity index (χ3n) is 36.7. The normalized spacial score (nSPS) is 17.1. The summed E-state index contributed by atoms with van der Waals surface area (Å²) in [5.41, 5.74) is 64.9. The fourth-order valence-electron chi connectivity index (χ4n) is 28.6. The van der Waals surface area contributed by atoms with E-state index in [-0.39, 0.29) is 54.1 Å². The molecule has 10 aliphatic carbocycles. The van der Waals surface area contributed by atoms with E-state index in [9.17, 15) is 0 Å². The summed E-state index contributed by atoms with van der Waals surface area (Å²) < 4.78 is 0. The largest absolute Gasteiger partial charge is 0.0619 e. The minimum absolute atomic E-state index is 0.0101. The lowest BCUT2D eigenvalue weighted by Crippen LogP contribution is -2.18. The average molecular weight is 1820 g/mol. The predicted octanol–water partition coefficient (Wildman–Crippen LogP) is 37.7. The maximum atomic E-state index is 2.54. The van der Waals surface area contributed by atoms with Gasteiger partial charge in [0.1, 0.15) is 0 Å². The van der Waals surface area contributed by atoms with E-state index in [0.717, 1.165) is 0 Å². The summed E-state index contributed by atoms with van der Waals surface area (Å²) >= 11 is 0. The van der Waals surface area contributed by atoms with E-state index in [2.05, 4.69) is 495 Å². The smallest absolute Gasteiger partial charge is 0.0159 e. The Labute approximate surface area is 836 Å². The summed E-state index contributed by atoms with van der Waals surface area (Å²) in [6, 6.07) is 122. The van der Waals surface area contributed by atoms with Gasteiger partial charge in [0, 0.05) is 54.1 Å². The Balaban J connectivity index is 0.0000000932. The van der Waals surface area contributed by atoms with Crippen molar-refractivity contribution < 1.29 is 0 Å². The van der Waals surface area contributed by atoms with E-state index < -0.39 is 0 Å². The fraction of sp³-hybridized carbons (Fsp3) is 0.248. The zero-order chi connectivity index (χ0) is 98.1. The summed E-state index contributed by atoms with van der Waals surface area (Å²) in [6.07, 6.45) is 0. The monoisotopic (exact) mass is 1820 g/mol. The molecule has 0 amide bonds. The average Bonchev–Trinajstić information content (AvgIpc) is 1.53. The van der Waals surface area contributed by atoms with Crippen molar-refractivity contribution in [2.24, 2.45) is 0 Å². The van der Waals surface area contributed by atoms with Gasteiger partial charge in [-0.05, 0) is 366 Å². The molecule has 692 valence electrons. The standard InChI is InChI=1S/C33H28.2C29H26.2C25H24/c1-19-16-29-31(23-13-9-8-11-21(19)23)25-18-27-24(17-28(25)33(29,4)5)30-22-12-7-6-10-20(22)14-15-26(30)32(27,2)3;1-17-14-26-27(20-12-7-6-10-18(17)20)22-16-24-21(15-25(22)29(26,4)5)19-11-8-9-13-23(19)28(24,2)3;1-17-10-12-20-21-15-26-22(16-25(21)29(4,5)24(20)14-17)27-19-9-7-6-8-18(19)11-13-23(27)28(26,2)3;1-15-10-11-17-19-14-22-18(13-23(19)25(4,5)21(17)12-15)16-8-6-7-9-20(16)24(22,2)3;1-15-10-11-17-19-13-18-16-8-6-7-9-20(16)24(2,3)22(18)14-23(19)25(4,5)21(17)12-15/h6-18H,1-5H3;2*6-16H,1-5H3;2*6-14H,1-5H3. The Bertz CT molecular complexity index is 8810. The van der Waals surface area contributed by atoms with Gasteiger partial charge >= 0.3 is 0 Å². The molecule has 0 fully saturated rings. The summed E-state index contributed by atoms with van der Waals surface area (Å²) in [5, 5.41) is 10.9. The maximum absolute atomic E-state index is 2.54. The first-order chi connectivity index (χ1) is 67.0. The van der Waals surface area contributed by atoms with Crippen LogP contribution in [0.3, 0.4) is 0 Å². The van der Waals surface area contributed by atoms with E-state index in [1.54, 1.807) is 0 Å². The first-order valence-corrected chi connectivity index (χ1v) is 51.8. The Morgan fingerprint density at radius 1 is 0.121 bits per heavy atom. The molecule has 141 heavy (non-hydrogen) atoms. The molecule has 0 heterocycles. The van der Waals surface area contributed by atoms with Crippen LogP contribution in [0.4, 0.5) is 0 Å². The molecule has 0 saturated heterocycles. The van der Waals surface area contributed by atoms with Gasteiger partial charge in [-0.3, -0.25) is 0 Å². The SMILES string of the molecule is Cc1cc2c(c3ccccc13)-c1cc3c(cc1C2(C)C)-c1c(ccc2ccccc12)C3(C)C.Cc1cc2c(c3ccccc13)-c1cc3c(cc1C2(C)C)-c1ccccc1C3(C)C.Cc1ccc2c(c1)C(C)(C)c1cc3c(cc1-2)-c1ccccc1C3(C)C.Cc1ccc2c(c1)C(C)(C)c1cc3c(cc1-2)C(C)(C)c1ccc2ccccc2c1-3.Cc1ccc2c(c1)C(C)(C)c1cc3c(cc1-2)C(C)(C)c1ccccc1-3. The van der Waals surface area contributed by atoms with Crippen molar-refractivity contribution in [3.63, 3.8) is 0 Å². The first-order valence-electron chi connectivity index (χ1n) is 51.8. The molecule has 0 bridgehead atoms.